The van der Waals surface area contributed by atoms with Crippen molar-refractivity contribution in [2.24, 2.45) is 0 Å². The Morgan fingerprint density at radius 1 is 1.12 bits per heavy atom. The number of carboxylic acids is 1. The number of fused-ring (bicyclic) bond motifs is 1. The predicted octanol–water partition coefficient (Wildman–Crippen LogP) is 3.31. The highest BCUT2D eigenvalue weighted by atomic mass is 19.4. The third-order valence-electron chi connectivity index (χ3n) is 3.99. The van der Waals surface area contributed by atoms with Gasteiger partial charge in [-0.25, -0.2) is 4.79 Å². The molecule has 25 heavy (non-hydrogen) atoms. The molecule has 3 N–H and O–H groups in total. The summed E-state index contributed by atoms with van der Waals surface area (Å²) in [5, 5.41) is 16.8. The van der Waals surface area contributed by atoms with Crippen LogP contribution in [0.15, 0.2) is 42.5 Å². The van der Waals surface area contributed by atoms with E-state index in [1.807, 2.05) is 0 Å². The molecule has 0 saturated carbocycles. The molecule has 0 spiro atoms. The van der Waals surface area contributed by atoms with Crippen molar-refractivity contribution in [3.63, 3.8) is 0 Å². The Morgan fingerprint density at radius 3 is 2.32 bits per heavy atom. The molecule has 0 unspecified atom stereocenters. The van der Waals surface area contributed by atoms with Crippen LogP contribution in [0.4, 0.5) is 13.2 Å². The fourth-order valence-electron chi connectivity index (χ4n) is 2.64. The number of nitrogens with one attached hydrogen (secondary N) is 2. The third kappa shape index (κ3) is 6.36. The minimum absolute atomic E-state index is 0.678. The lowest BCUT2D eigenvalue weighted by molar-refractivity contribution is -0.192. The van der Waals surface area contributed by atoms with Crippen LogP contribution in [0.1, 0.15) is 18.4 Å². The maximum atomic E-state index is 10.6. The van der Waals surface area contributed by atoms with Crippen LogP contribution in [-0.2, 0) is 11.3 Å². The van der Waals surface area contributed by atoms with Crippen molar-refractivity contribution in [2.45, 2.75) is 31.6 Å². The lowest BCUT2D eigenvalue weighted by Crippen LogP contribution is -2.39. The van der Waals surface area contributed by atoms with E-state index in [0.717, 1.165) is 19.6 Å². The number of benzene rings is 2. The Bertz CT molecular complexity index is 698. The van der Waals surface area contributed by atoms with Crippen LogP contribution in [0.3, 0.4) is 0 Å². The smallest absolute Gasteiger partial charge is 0.475 e. The van der Waals surface area contributed by atoms with E-state index in [4.69, 9.17) is 9.90 Å². The Kier molecular flexibility index (Phi) is 6.78. The molecule has 1 aliphatic rings. The van der Waals surface area contributed by atoms with E-state index in [-0.39, 0.29) is 0 Å². The van der Waals surface area contributed by atoms with Crippen LogP contribution >= 0.6 is 0 Å². The first-order valence-electron chi connectivity index (χ1n) is 8.08. The topological polar surface area (TPSA) is 61.4 Å². The van der Waals surface area contributed by atoms with Crippen molar-refractivity contribution < 1.29 is 23.1 Å². The second kappa shape index (κ2) is 8.82. The molecule has 1 aliphatic heterocycles. The van der Waals surface area contributed by atoms with Gasteiger partial charge in [0.25, 0.3) is 0 Å². The van der Waals surface area contributed by atoms with Crippen LogP contribution in [0.2, 0.25) is 0 Å². The van der Waals surface area contributed by atoms with Crippen LogP contribution < -0.4 is 10.6 Å². The molecule has 4 nitrogen and oxygen atoms in total. The summed E-state index contributed by atoms with van der Waals surface area (Å²) in [4.78, 5) is 8.90. The summed E-state index contributed by atoms with van der Waals surface area (Å²) in [6.45, 7) is 3.28. The van der Waals surface area contributed by atoms with E-state index in [0.29, 0.717) is 6.04 Å². The fraction of sp³-hybridized carbons (Fsp3) is 0.389. The molecular weight excluding hydrogens is 333 g/mol. The molecule has 2 aromatic rings. The van der Waals surface area contributed by atoms with Gasteiger partial charge in [0.05, 0.1) is 0 Å². The summed E-state index contributed by atoms with van der Waals surface area (Å²) in [6.07, 6.45) is -2.60. The number of rotatable bonds is 3. The van der Waals surface area contributed by atoms with Crippen molar-refractivity contribution in [3.8, 4) is 0 Å². The van der Waals surface area contributed by atoms with Gasteiger partial charge in [-0.2, -0.15) is 13.2 Å². The summed E-state index contributed by atoms with van der Waals surface area (Å²) in [5.74, 6) is -2.76. The molecule has 1 heterocycles. The first-order chi connectivity index (χ1) is 11.9. The summed E-state index contributed by atoms with van der Waals surface area (Å²) >= 11 is 0. The van der Waals surface area contributed by atoms with Gasteiger partial charge in [0.2, 0.25) is 0 Å². The molecule has 1 fully saturated rings. The van der Waals surface area contributed by atoms with Gasteiger partial charge in [-0.15, -0.1) is 0 Å². The lowest BCUT2D eigenvalue weighted by Gasteiger charge is -2.23. The number of alkyl halides is 3. The van der Waals surface area contributed by atoms with Crippen LogP contribution in [0.25, 0.3) is 10.8 Å². The standard InChI is InChI=1S/C16H20N2.C2HF3O2/c1-2-4-15-11-13(5-6-14(15)3-1)12-18-16-7-9-17-10-8-16;3-2(4,5)1(6)7/h1-6,11,16-18H,7-10,12H2;(H,6,7). The van der Waals surface area contributed by atoms with Gasteiger partial charge in [0.1, 0.15) is 0 Å². The van der Waals surface area contributed by atoms with Gasteiger partial charge >= 0.3 is 12.1 Å². The molecule has 136 valence electrons. The largest absolute Gasteiger partial charge is 0.490 e. The molecule has 0 bridgehead atoms. The van der Waals surface area contributed by atoms with E-state index >= 15 is 0 Å². The molecule has 0 aromatic heterocycles. The monoisotopic (exact) mass is 354 g/mol. The lowest BCUT2D eigenvalue weighted by atomic mass is 10.0. The molecule has 0 amide bonds. The summed E-state index contributed by atoms with van der Waals surface area (Å²) in [5.41, 5.74) is 1.38. The highest BCUT2D eigenvalue weighted by Gasteiger charge is 2.38. The second-order valence-corrected chi connectivity index (χ2v) is 5.89. The number of carboxylic acid groups (broad SMARTS) is 1. The molecular formula is C18H21F3N2O2. The Morgan fingerprint density at radius 2 is 1.72 bits per heavy atom. The van der Waals surface area contributed by atoms with Crippen molar-refractivity contribution >= 4 is 16.7 Å². The van der Waals surface area contributed by atoms with E-state index in [9.17, 15) is 13.2 Å². The van der Waals surface area contributed by atoms with Gasteiger partial charge in [0, 0.05) is 12.6 Å². The Labute approximate surface area is 144 Å². The Balaban J connectivity index is 0.000000277. The molecule has 2 aromatic carbocycles. The Hall–Kier alpha value is -2.12. The first kappa shape index (κ1) is 19.2. The number of hydrogen-bond acceptors (Lipinski definition) is 3. The predicted molar refractivity (Wildman–Crippen MR) is 90.4 cm³/mol. The molecule has 0 aliphatic carbocycles. The number of aliphatic carboxylic acids is 1. The minimum atomic E-state index is -5.08. The molecule has 3 rings (SSSR count). The minimum Gasteiger partial charge on any atom is -0.475 e. The van der Waals surface area contributed by atoms with E-state index in [2.05, 4.69) is 53.1 Å². The average Bonchev–Trinajstić information content (AvgIpc) is 2.60. The number of hydrogen-bond donors (Lipinski definition) is 3. The third-order valence-corrected chi connectivity index (χ3v) is 3.99. The van der Waals surface area contributed by atoms with Crippen molar-refractivity contribution in [1.29, 1.82) is 0 Å². The van der Waals surface area contributed by atoms with E-state index in [1.54, 1.807) is 0 Å². The van der Waals surface area contributed by atoms with Crippen LogP contribution in [0.5, 0.6) is 0 Å². The highest BCUT2D eigenvalue weighted by Crippen LogP contribution is 2.16. The van der Waals surface area contributed by atoms with Gasteiger partial charge in [-0.1, -0.05) is 36.4 Å². The first-order valence-corrected chi connectivity index (χ1v) is 8.08. The second-order valence-electron chi connectivity index (χ2n) is 5.89. The highest BCUT2D eigenvalue weighted by molar-refractivity contribution is 5.82. The maximum Gasteiger partial charge on any atom is 0.490 e. The zero-order valence-corrected chi connectivity index (χ0v) is 13.6. The quantitative estimate of drug-likeness (QED) is 0.791. The molecule has 0 atom stereocenters. The normalized spacial score (nSPS) is 15.5. The van der Waals surface area contributed by atoms with Crippen LogP contribution in [-0.4, -0.2) is 36.4 Å². The summed E-state index contributed by atoms with van der Waals surface area (Å²) in [6, 6.07) is 16.0. The fourth-order valence-corrected chi connectivity index (χ4v) is 2.64. The SMILES string of the molecule is O=C(O)C(F)(F)F.c1ccc2cc(CNC3CCNCC3)ccc2c1. The van der Waals surface area contributed by atoms with E-state index in [1.165, 1.54) is 29.2 Å². The van der Waals surface area contributed by atoms with Gasteiger partial charge in [-0.05, 0) is 48.3 Å². The van der Waals surface area contributed by atoms with E-state index < -0.39 is 12.1 Å². The summed E-state index contributed by atoms with van der Waals surface area (Å²) < 4.78 is 31.7. The number of carbonyl (C=O) groups is 1. The average molecular weight is 354 g/mol. The number of halogens is 3. The zero-order chi connectivity index (χ0) is 18.3. The van der Waals surface area contributed by atoms with Gasteiger partial charge in [0.15, 0.2) is 0 Å². The van der Waals surface area contributed by atoms with Crippen molar-refractivity contribution in [2.75, 3.05) is 13.1 Å². The summed E-state index contributed by atoms with van der Waals surface area (Å²) in [7, 11) is 0. The van der Waals surface area contributed by atoms with Crippen molar-refractivity contribution in [3.05, 3.63) is 48.0 Å². The maximum absolute atomic E-state index is 10.6. The van der Waals surface area contributed by atoms with Crippen LogP contribution in [0, 0.1) is 0 Å². The molecule has 7 heteroatoms. The van der Waals surface area contributed by atoms with Crippen molar-refractivity contribution in [1.82, 2.24) is 10.6 Å². The molecule has 1 saturated heterocycles. The van der Waals surface area contributed by atoms with Gasteiger partial charge in [-0.3, -0.25) is 0 Å². The molecule has 0 radical (unpaired) electrons. The zero-order valence-electron chi connectivity index (χ0n) is 13.6. The van der Waals surface area contributed by atoms with Gasteiger partial charge < -0.3 is 15.7 Å². The number of piperidine rings is 1.